The molecule has 1 nitrogen and oxygen atoms in total. The molecule has 1 aliphatic heterocycles. The van der Waals surface area contributed by atoms with E-state index in [0.29, 0.717) is 0 Å². The van der Waals surface area contributed by atoms with Gasteiger partial charge in [0.1, 0.15) is 13.6 Å². The van der Waals surface area contributed by atoms with Crippen molar-refractivity contribution >= 4 is 24.7 Å². The molecule has 29 heavy (non-hydrogen) atoms. The first-order valence-electron chi connectivity index (χ1n) is 10.8. The van der Waals surface area contributed by atoms with Crippen LogP contribution in [0.25, 0.3) is 28.0 Å². The normalized spacial score (nSPS) is 19.6. The monoisotopic (exact) mass is 382 g/mol. The van der Waals surface area contributed by atoms with Crippen molar-refractivity contribution in [3.8, 4) is 16.9 Å². The molecule has 1 atom stereocenters. The van der Waals surface area contributed by atoms with Crippen LogP contribution >= 0.6 is 0 Å². The van der Waals surface area contributed by atoms with Crippen molar-refractivity contribution in [3.63, 3.8) is 0 Å². The zero-order valence-corrected chi connectivity index (χ0v) is 18.8. The van der Waals surface area contributed by atoms with Crippen LogP contribution < -0.4 is 4.74 Å². The molecule has 0 N–H and O–H groups in total. The van der Waals surface area contributed by atoms with Gasteiger partial charge < -0.3 is 4.74 Å². The minimum absolute atomic E-state index is 0.0733. The molecule has 3 aromatic rings. The lowest BCUT2D eigenvalue weighted by molar-refractivity contribution is 0.226. The summed E-state index contributed by atoms with van der Waals surface area (Å²) in [5.74, 6) is 0.905. The Morgan fingerprint density at radius 3 is 2.07 bits per heavy atom. The fourth-order valence-electron chi connectivity index (χ4n) is 4.51. The summed E-state index contributed by atoms with van der Waals surface area (Å²) in [6, 6.07) is 17.2. The summed E-state index contributed by atoms with van der Waals surface area (Å²) in [6.45, 7) is 14.5. The van der Waals surface area contributed by atoms with Crippen LogP contribution in [0.2, 0.25) is 0 Å². The van der Waals surface area contributed by atoms with E-state index in [1.165, 1.54) is 27.6 Å². The highest BCUT2D eigenvalue weighted by Gasteiger charge is 2.40. The summed E-state index contributed by atoms with van der Waals surface area (Å²) in [7, 11) is 6.27. The molecular weight excluding hydrogens is 351 g/mol. The number of rotatable bonds is 0. The minimum Gasteiger partial charge on any atom is -0.492 e. The smallest absolute Gasteiger partial charge is 0.137 e. The van der Waals surface area contributed by atoms with Crippen LogP contribution in [0.3, 0.4) is 0 Å². The second kappa shape index (κ2) is 7.74. The summed E-state index contributed by atoms with van der Waals surface area (Å²) in [5.41, 5.74) is 5.69. The van der Waals surface area contributed by atoms with Gasteiger partial charge in [-0.25, -0.2) is 0 Å². The van der Waals surface area contributed by atoms with E-state index in [1.54, 1.807) is 0 Å². The largest absolute Gasteiger partial charge is 0.492 e. The maximum absolute atomic E-state index is 6.27. The molecule has 0 saturated heterocycles. The van der Waals surface area contributed by atoms with Gasteiger partial charge in [-0.05, 0) is 34.6 Å². The first kappa shape index (κ1) is 21.2. The van der Waals surface area contributed by atoms with Crippen molar-refractivity contribution in [3.05, 3.63) is 71.3 Å². The van der Waals surface area contributed by atoms with Crippen molar-refractivity contribution in [2.24, 2.45) is 0 Å². The summed E-state index contributed by atoms with van der Waals surface area (Å²) in [5, 5.41) is 2.37. The zero-order valence-electron chi connectivity index (χ0n) is 18.8. The van der Waals surface area contributed by atoms with E-state index in [0.717, 1.165) is 16.7 Å². The third kappa shape index (κ3) is 3.19. The van der Waals surface area contributed by atoms with Gasteiger partial charge in [0, 0.05) is 16.4 Å². The third-order valence-corrected chi connectivity index (χ3v) is 5.60. The quantitative estimate of drug-likeness (QED) is 0.366. The Labute approximate surface area is 177 Å². The standard InChI is InChI=1S/C23H19BO.2C2H6/c1-22(2)18-11-7-6-10-16(18)19-14-8-4-5-9-15(14)21-17(20(19)22)12-13-23(3,24)25-21;2*1-2/h4-13H,1-3H3;2*1-2H3. The van der Waals surface area contributed by atoms with Gasteiger partial charge >= 0.3 is 0 Å². The molecule has 2 radical (unpaired) electrons. The van der Waals surface area contributed by atoms with Crippen LogP contribution in [0.5, 0.6) is 5.75 Å². The van der Waals surface area contributed by atoms with Crippen molar-refractivity contribution in [1.29, 1.82) is 0 Å². The Morgan fingerprint density at radius 2 is 1.38 bits per heavy atom. The first-order chi connectivity index (χ1) is 13.9. The fourth-order valence-corrected chi connectivity index (χ4v) is 4.51. The molecule has 0 aromatic heterocycles. The lowest BCUT2D eigenvalue weighted by Gasteiger charge is -2.33. The van der Waals surface area contributed by atoms with Crippen LogP contribution in [0, 0.1) is 0 Å². The van der Waals surface area contributed by atoms with Gasteiger partial charge in [-0.3, -0.25) is 0 Å². The van der Waals surface area contributed by atoms with Gasteiger partial charge in [0.25, 0.3) is 0 Å². The first-order valence-corrected chi connectivity index (χ1v) is 10.8. The molecule has 0 amide bonds. The Balaban J connectivity index is 0.000000568. The minimum atomic E-state index is -0.778. The molecule has 148 valence electrons. The number of benzene rings is 3. The Morgan fingerprint density at radius 1 is 0.793 bits per heavy atom. The Kier molecular flexibility index (Phi) is 5.67. The van der Waals surface area contributed by atoms with E-state index in [-0.39, 0.29) is 5.41 Å². The van der Waals surface area contributed by atoms with Gasteiger partial charge in [0.05, 0.1) is 5.50 Å². The number of fused-ring (bicyclic) bond motifs is 8. The predicted octanol–water partition coefficient (Wildman–Crippen LogP) is 7.49. The Hall–Kier alpha value is -2.48. The molecular formula is C27H31BO. The molecule has 1 heterocycles. The highest BCUT2D eigenvalue weighted by Crippen LogP contribution is 2.56. The van der Waals surface area contributed by atoms with Crippen molar-refractivity contribution in [2.45, 2.75) is 59.4 Å². The molecule has 0 bridgehead atoms. The third-order valence-electron chi connectivity index (χ3n) is 5.60. The highest BCUT2D eigenvalue weighted by molar-refractivity contribution is 6.17. The maximum Gasteiger partial charge on any atom is 0.137 e. The predicted molar refractivity (Wildman–Crippen MR) is 128 cm³/mol. The van der Waals surface area contributed by atoms with E-state index < -0.39 is 5.50 Å². The lowest BCUT2D eigenvalue weighted by atomic mass is 9.76. The second-order valence-corrected chi connectivity index (χ2v) is 7.83. The molecule has 2 heteroatoms. The molecule has 1 unspecified atom stereocenters. The van der Waals surface area contributed by atoms with E-state index in [1.807, 2.05) is 40.7 Å². The lowest BCUT2D eigenvalue weighted by Crippen LogP contribution is -2.33. The van der Waals surface area contributed by atoms with E-state index in [4.69, 9.17) is 12.6 Å². The van der Waals surface area contributed by atoms with E-state index >= 15 is 0 Å². The van der Waals surface area contributed by atoms with Crippen LogP contribution in [0.1, 0.15) is 65.2 Å². The van der Waals surface area contributed by atoms with Crippen LogP contribution in [0.15, 0.2) is 54.6 Å². The summed E-state index contributed by atoms with van der Waals surface area (Å²) in [6.07, 6.45) is 4.11. The van der Waals surface area contributed by atoms with Crippen LogP contribution in [0.4, 0.5) is 0 Å². The molecule has 0 spiro atoms. The topological polar surface area (TPSA) is 9.23 Å². The van der Waals surface area contributed by atoms with Gasteiger partial charge in [0.15, 0.2) is 0 Å². The average molecular weight is 382 g/mol. The van der Waals surface area contributed by atoms with Crippen molar-refractivity contribution in [1.82, 2.24) is 0 Å². The molecule has 2 aliphatic rings. The van der Waals surface area contributed by atoms with E-state index in [2.05, 4.69) is 68.5 Å². The summed E-state index contributed by atoms with van der Waals surface area (Å²) in [4.78, 5) is 0. The summed E-state index contributed by atoms with van der Waals surface area (Å²) >= 11 is 0. The maximum atomic E-state index is 6.27. The molecule has 0 fully saturated rings. The van der Waals surface area contributed by atoms with Crippen LogP contribution in [-0.2, 0) is 5.41 Å². The highest BCUT2D eigenvalue weighted by atomic mass is 16.5. The average Bonchev–Trinajstić information content (AvgIpc) is 2.99. The van der Waals surface area contributed by atoms with Crippen molar-refractivity contribution in [2.75, 3.05) is 0 Å². The molecule has 0 saturated carbocycles. The fraction of sp³-hybridized carbons (Fsp3) is 0.333. The number of hydrogen-bond acceptors (Lipinski definition) is 1. The second-order valence-electron chi connectivity index (χ2n) is 7.83. The Bertz CT molecular complexity index is 1070. The molecule has 5 rings (SSSR count). The zero-order chi connectivity index (χ0) is 21.4. The summed E-state index contributed by atoms with van der Waals surface area (Å²) < 4.78 is 6.24. The van der Waals surface area contributed by atoms with Gasteiger partial charge in [-0.15, -0.1) is 0 Å². The van der Waals surface area contributed by atoms with Gasteiger partial charge in [-0.1, -0.05) is 102 Å². The number of hydrogen-bond donors (Lipinski definition) is 0. The number of ether oxygens (including phenoxy) is 1. The van der Waals surface area contributed by atoms with Gasteiger partial charge in [0.2, 0.25) is 0 Å². The van der Waals surface area contributed by atoms with Crippen molar-refractivity contribution < 1.29 is 4.74 Å². The SMILES string of the molecule is CC.CC.[B]C1(C)C=Cc2c3c(c4ccccc4c2O1)-c1ccccc1C3(C)C. The molecule has 3 aromatic carbocycles. The van der Waals surface area contributed by atoms with Crippen LogP contribution in [-0.4, -0.2) is 13.3 Å². The molecule has 1 aliphatic carbocycles. The van der Waals surface area contributed by atoms with E-state index in [9.17, 15) is 0 Å². The van der Waals surface area contributed by atoms with Gasteiger partial charge in [-0.2, -0.15) is 0 Å².